The quantitative estimate of drug-likeness (QED) is 0.412. The molecule has 0 bridgehead atoms. The van der Waals surface area contributed by atoms with Gasteiger partial charge >= 0.3 is 0 Å². The van der Waals surface area contributed by atoms with Crippen molar-refractivity contribution in [2.45, 2.75) is 13.5 Å². The van der Waals surface area contributed by atoms with Crippen LogP contribution in [-0.4, -0.2) is 28.0 Å². The molecule has 1 aromatic heterocycles. The van der Waals surface area contributed by atoms with Gasteiger partial charge in [-0.15, -0.1) is 10.2 Å². The summed E-state index contributed by atoms with van der Waals surface area (Å²) in [5.41, 5.74) is 3.87. The molecule has 10 heteroatoms. The van der Waals surface area contributed by atoms with E-state index in [0.717, 1.165) is 17.3 Å². The number of H-pyrrole nitrogens is 1. The number of hydrogen-bond donors (Lipinski definition) is 2. The monoisotopic (exact) mass is 433 g/mol. The average molecular weight is 434 g/mol. The molecule has 150 valence electrons. The summed E-state index contributed by atoms with van der Waals surface area (Å²) in [6.45, 7) is 2.67. The molecule has 0 aliphatic rings. The highest BCUT2D eigenvalue weighted by Crippen LogP contribution is 2.30. The minimum absolute atomic E-state index is 0.139. The number of benzene rings is 2. The molecular weight excluding hydrogens is 417 g/mol. The van der Waals surface area contributed by atoms with Gasteiger partial charge in [0.05, 0.1) is 22.9 Å². The molecule has 0 saturated heterocycles. The molecule has 0 spiro atoms. The van der Waals surface area contributed by atoms with Crippen molar-refractivity contribution in [2.75, 3.05) is 12.0 Å². The highest BCUT2D eigenvalue weighted by atomic mass is 35.5. The van der Waals surface area contributed by atoms with Gasteiger partial charge in [-0.2, -0.15) is 5.10 Å². The first-order valence-electron chi connectivity index (χ1n) is 8.60. The Morgan fingerprint density at radius 1 is 1.14 bits per heavy atom. The SMILES string of the molecule is CCOc1cc(/C=N/Nc2nncc(=O)[nH]2)ccc1OCc1ccc(Cl)c(Cl)c1. The van der Waals surface area contributed by atoms with Crippen molar-refractivity contribution in [1.29, 1.82) is 0 Å². The number of hydrazone groups is 1. The summed E-state index contributed by atoms with van der Waals surface area (Å²) < 4.78 is 11.5. The van der Waals surface area contributed by atoms with Crippen molar-refractivity contribution < 1.29 is 9.47 Å². The summed E-state index contributed by atoms with van der Waals surface area (Å²) in [5, 5.41) is 12.2. The summed E-state index contributed by atoms with van der Waals surface area (Å²) in [4.78, 5) is 13.6. The van der Waals surface area contributed by atoms with Crippen molar-refractivity contribution >= 4 is 35.4 Å². The Labute approximate surface area is 176 Å². The maximum absolute atomic E-state index is 11.2. The zero-order chi connectivity index (χ0) is 20.6. The Morgan fingerprint density at radius 3 is 2.76 bits per heavy atom. The first-order valence-corrected chi connectivity index (χ1v) is 9.35. The highest BCUT2D eigenvalue weighted by molar-refractivity contribution is 6.42. The second-order valence-corrected chi connectivity index (χ2v) is 6.54. The maximum atomic E-state index is 11.2. The fourth-order valence-corrected chi connectivity index (χ4v) is 2.63. The zero-order valence-corrected chi connectivity index (χ0v) is 16.9. The van der Waals surface area contributed by atoms with Crippen LogP contribution < -0.4 is 20.5 Å². The predicted octanol–water partition coefficient (Wildman–Crippen LogP) is 3.90. The van der Waals surface area contributed by atoms with Crippen molar-refractivity contribution in [3.8, 4) is 11.5 Å². The fraction of sp³-hybridized carbons (Fsp3) is 0.158. The van der Waals surface area contributed by atoms with Gasteiger partial charge in [-0.3, -0.25) is 9.78 Å². The number of aromatic nitrogens is 3. The molecule has 0 atom stereocenters. The van der Waals surface area contributed by atoms with Crippen molar-refractivity contribution in [1.82, 2.24) is 15.2 Å². The number of nitrogens with zero attached hydrogens (tertiary/aromatic N) is 3. The number of aromatic amines is 1. The van der Waals surface area contributed by atoms with Crippen LogP contribution in [0.5, 0.6) is 11.5 Å². The molecule has 0 fully saturated rings. The first kappa shape index (κ1) is 20.6. The molecule has 2 N–H and O–H groups in total. The Bertz CT molecular complexity index is 1070. The Hall–Kier alpha value is -3.10. The molecule has 0 unspecified atom stereocenters. The third-order valence-corrected chi connectivity index (χ3v) is 4.34. The lowest BCUT2D eigenvalue weighted by Crippen LogP contribution is -2.10. The second kappa shape index (κ2) is 9.90. The van der Waals surface area contributed by atoms with E-state index in [-0.39, 0.29) is 11.5 Å². The molecule has 3 rings (SSSR count). The third-order valence-electron chi connectivity index (χ3n) is 3.60. The van der Waals surface area contributed by atoms with Crippen LogP contribution in [0, 0.1) is 0 Å². The third kappa shape index (κ3) is 5.94. The summed E-state index contributed by atoms with van der Waals surface area (Å²) in [7, 11) is 0. The van der Waals surface area contributed by atoms with Gasteiger partial charge < -0.3 is 9.47 Å². The van der Waals surface area contributed by atoms with Crippen molar-refractivity contribution in [3.63, 3.8) is 0 Å². The van der Waals surface area contributed by atoms with Gasteiger partial charge in [0.1, 0.15) is 12.8 Å². The molecule has 0 radical (unpaired) electrons. The van der Waals surface area contributed by atoms with Gasteiger partial charge in [-0.25, -0.2) is 5.43 Å². The van der Waals surface area contributed by atoms with Crippen LogP contribution in [0.1, 0.15) is 18.1 Å². The topological polar surface area (TPSA) is 101 Å². The van der Waals surface area contributed by atoms with Crippen LogP contribution in [0.3, 0.4) is 0 Å². The van der Waals surface area contributed by atoms with Gasteiger partial charge in [0.25, 0.3) is 5.56 Å². The molecule has 8 nitrogen and oxygen atoms in total. The van der Waals surface area contributed by atoms with E-state index in [1.54, 1.807) is 30.5 Å². The maximum Gasteiger partial charge on any atom is 0.271 e. The van der Waals surface area contributed by atoms with Crippen molar-refractivity contribution in [3.05, 3.63) is 74.1 Å². The summed E-state index contributed by atoms with van der Waals surface area (Å²) >= 11 is 12.0. The Balaban J connectivity index is 1.69. The lowest BCUT2D eigenvalue weighted by atomic mass is 10.2. The van der Waals surface area contributed by atoms with Crippen LogP contribution in [0.4, 0.5) is 5.95 Å². The molecular formula is C19H17Cl2N5O3. The summed E-state index contributed by atoms with van der Waals surface area (Å²) in [6.07, 6.45) is 2.62. The van der Waals surface area contributed by atoms with Crippen molar-refractivity contribution in [2.24, 2.45) is 5.10 Å². The first-order chi connectivity index (χ1) is 14.0. The molecule has 0 aliphatic heterocycles. The molecule has 0 saturated carbocycles. The second-order valence-electron chi connectivity index (χ2n) is 5.73. The van der Waals surface area contributed by atoms with Crippen LogP contribution in [0.2, 0.25) is 10.0 Å². The number of rotatable bonds is 8. The van der Waals surface area contributed by atoms with Crippen LogP contribution in [-0.2, 0) is 6.61 Å². The average Bonchev–Trinajstić information content (AvgIpc) is 2.70. The minimum Gasteiger partial charge on any atom is -0.490 e. The largest absolute Gasteiger partial charge is 0.490 e. The van der Waals surface area contributed by atoms with E-state index in [1.807, 2.05) is 19.1 Å². The fourth-order valence-electron chi connectivity index (χ4n) is 2.31. The molecule has 1 heterocycles. The minimum atomic E-state index is -0.375. The van der Waals surface area contributed by atoms with Gasteiger partial charge in [-0.05, 0) is 48.4 Å². The zero-order valence-electron chi connectivity index (χ0n) is 15.4. The predicted molar refractivity (Wildman–Crippen MR) is 112 cm³/mol. The number of halogens is 2. The Morgan fingerprint density at radius 2 is 2.00 bits per heavy atom. The van der Waals surface area contributed by atoms with E-state index in [2.05, 4.69) is 25.7 Å². The van der Waals surface area contributed by atoms with Gasteiger partial charge in [0, 0.05) is 0 Å². The lowest BCUT2D eigenvalue weighted by Gasteiger charge is -2.13. The van der Waals surface area contributed by atoms with Gasteiger partial charge in [-0.1, -0.05) is 29.3 Å². The molecule has 2 aromatic carbocycles. The van der Waals surface area contributed by atoms with E-state index in [9.17, 15) is 4.79 Å². The van der Waals surface area contributed by atoms with Crippen LogP contribution in [0.15, 0.2) is 52.5 Å². The lowest BCUT2D eigenvalue weighted by molar-refractivity contribution is 0.269. The van der Waals surface area contributed by atoms with E-state index in [0.29, 0.717) is 34.8 Å². The van der Waals surface area contributed by atoms with E-state index in [1.165, 1.54) is 0 Å². The number of hydrogen-bond acceptors (Lipinski definition) is 7. The number of ether oxygens (including phenoxy) is 2. The van der Waals surface area contributed by atoms with Crippen LogP contribution in [0.25, 0.3) is 0 Å². The Kier molecular flexibility index (Phi) is 7.04. The molecule has 3 aromatic rings. The van der Waals surface area contributed by atoms with E-state index >= 15 is 0 Å². The summed E-state index contributed by atoms with van der Waals surface area (Å²) in [6, 6.07) is 10.7. The standard InChI is InChI=1S/C19H17Cl2N5O3/c1-2-28-17-8-12(9-22-25-19-24-18(27)10-23-26-19)4-6-16(17)29-11-13-3-5-14(20)15(21)7-13/h3-10H,2,11H2,1H3,(H2,24,25,26,27)/b22-9+. The number of nitrogens with one attached hydrogen (secondary N) is 2. The smallest absolute Gasteiger partial charge is 0.271 e. The summed E-state index contributed by atoms with van der Waals surface area (Å²) in [5.74, 6) is 1.30. The van der Waals surface area contributed by atoms with Gasteiger partial charge in [0.15, 0.2) is 11.5 Å². The van der Waals surface area contributed by atoms with Crippen LogP contribution >= 0.6 is 23.2 Å². The van der Waals surface area contributed by atoms with E-state index in [4.69, 9.17) is 32.7 Å². The molecule has 0 aliphatic carbocycles. The number of anilines is 1. The molecule has 29 heavy (non-hydrogen) atoms. The normalized spacial score (nSPS) is 10.9. The van der Waals surface area contributed by atoms with E-state index < -0.39 is 0 Å². The molecule has 0 amide bonds. The van der Waals surface area contributed by atoms with Gasteiger partial charge in [0.2, 0.25) is 5.95 Å². The highest BCUT2D eigenvalue weighted by Gasteiger charge is 2.07.